The van der Waals surface area contributed by atoms with Crippen LogP contribution in [0.1, 0.15) is 10.6 Å². The molecule has 0 amide bonds. The van der Waals surface area contributed by atoms with Gasteiger partial charge in [-0.25, -0.2) is 4.98 Å². The zero-order valence-corrected chi connectivity index (χ0v) is 14.4. The minimum absolute atomic E-state index is 0.623. The molecule has 0 aliphatic carbocycles. The Morgan fingerprint density at radius 1 is 0.958 bits per heavy atom. The van der Waals surface area contributed by atoms with Crippen molar-refractivity contribution >= 4 is 16.3 Å². The average Bonchev–Trinajstić information content (AvgIpc) is 3.13. The topological polar surface area (TPSA) is 43.3 Å². The maximum atomic E-state index is 5.83. The molecule has 0 unspecified atom stereocenters. The van der Waals surface area contributed by atoms with Crippen LogP contribution in [-0.2, 0) is 6.42 Å². The van der Waals surface area contributed by atoms with Gasteiger partial charge in [-0.2, -0.15) is 0 Å². The third kappa shape index (κ3) is 2.64. The van der Waals surface area contributed by atoms with Gasteiger partial charge in [-0.05, 0) is 24.6 Å². The lowest BCUT2D eigenvalue weighted by Gasteiger charge is -2.05. The summed E-state index contributed by atoms with van der Waals surface area (Å²) in [6, 6.07) is 19.1. The maximum Gasteiger partial charge on any atom is 0.194 e. The molecular weight excluding hydrogens is 314 g/mol. The first-order valence-electron chi connectivity index (χ1n) is 8.09. The Labute approximate surface area is 145 Å². The Bertz CT molecular complexity index is 965. The summed E-state index contributed by atoms with van der Waals surface area (Å²) in [5, 5.41) is 0. The molecule has 2 heterocycles. The van der Waals surface area contributed by atoms with Crippen molar-refractivity contribution in [2.24, 2.45) is 5.73 Å². The highest BCUT2D eigenvalue weighted by Crippen LogP contribution is 2.30. The average molecular weight is 333 g/mol. The van der Waals surface area contributed by atoms with E-state index >= 15 is 0 Å². The fourth-order valence-corrected chi connectivity index (χ4v) is 3.90. The summed E-state index contributed by atoms with van der Waals surface area (Å²) in [4.78, 5) is 7.16. The summed E-state index contributed by atoms with van der Waals surface area (Å²) < 4.78 is 2.19. The second-order valence-corrected chi connectivity index (χ2v) is 7.10. The second kappa shape index (κ2) is 6.23. The van der Waals surface area contributed by atoms with Crippen LogP contribution in [0.5, 0.6) is 0 Å². The SMILES string of the molecule is Cc1cn2c(CCN)c(-c3ccc(-c4ccccc4)cc3)nc2s1. The van der Waals surface area contributed by atoms with Gasteiger partial charge >= 0.3 is 0 Å². The number of fused-ring (bicyclic) bond motifs is 1. The normalized spacial score (nSPS) is 11.2. The van der Waals surface area contributed by atoms with E-state index in [-0.39, 0.29) is 0 Å². The minimum Gasteiger partial charge on any atom is -0.330 e. The van der Waals surface area contributed by atoms with Crippen molar-refractivity contribution in [1.82, 2.24) is 9.38 Å². The first-order valence-corrected chi connectivity index (χ1v) is 8.91. The smallest absolute Gasteiger partial charge is 0.194 e. The van der Waals surface area contributed by atoms with Crippen molar-refractivity contribution in [1.29, 1.82) is 0 Å². The van der Waals surface area contributed by atoms with E-state index in [0.717, 1.165) is 22.6 Å². The van der Waals surface area contributed by atoms with Crippen molar-refractivity contribution in [3.63, 3.8) is 0 Å². The number of hydrogen-bond acceptors (Lipinski definition) is 3. The van der Waals surface area contributed by atoms with Crippen LogP contribution in [0.2, 0.25) is 0 Å². The molecular formula is C20H19N3S. The van der Waals surface area contributed by atoms with E-state index in [1.165, 1.54) is 21.7 Å². The molecule has 24 heavy (non-hydrogen) atoms. The minimum atomic E-state index is 0.623. The van der Waals surface area contributed by atoms with Gasteiger partial charge in [0.2, 0.25) is 0 Å². The van der Waals surface area contributed by atoms with Gasteiger partial charge in [0.25, 0.3) is 0 Å². The predicted octanol–water partition coefficient (Wildman–Crippen LogP) is 4.54. The van der Waals surface area contributed by atoms with E-state index in [0.29, 0.717) is 6.54 Å². The molecule has 2 aromatic heterocycles. The monoisotopic (exact) mass is 333 g/mol. The van der Waals surface area contributed by atoms with E-state index in [1.54, 1.807) is 11.3 Å². The molecule has 4 aromatic rings. The molecule has 0 fully saturated rings. The number of imidazole rings is 1. The van der Waals surface area contributed by atoms with Crippen LogP contribution in [0.4, 0.5) is 0 Å². The van der Waals surface area contributed by atoms with Crippen molar-refractivity contribution in [3.8, 4) is 22.4 Å². The zero-order valence-electron chi connectivity index (χ0n) is 13.6. The highest BCUT2D eigenvalue weighted by atomic mass is 32.1. The number of rotatable bonds is 4. The number of thiazole rings is 1. The molecule has 0 aliphatic heterocycles. The standard InChI is InChI=1S/C20H19N3S/c1-14-13-23-18(11-12-21)19(22-20(23)24-14)17-9-7-16(8-10-17)15-5-3-2-4-6-15/h2-10,13H,11-12,21H2,1H3. The number of nitrogens with two attached hydrogens (primary N) is 1. The molecule has 0 radical (unpaired) electrons. The summed E-state index contributed by atoms with van der Waals surface area (Å²) in [7, 11) is 0. The van der Waals surface area contributed by atoms with Crippen LogP contribution in [0, 0.1) is 6.92 Å². The molecule has 3 nitrogen and oxygen atoms in total. The summed E-state index contributed by atoms with van der Waals surface area (Å²) in [6.07, 6.45) is 2.98. The quantitative estimate of drug-likeness (QED) is 0.596. The number of hydrogen-bond donors (Lipinski definition) is 1. The fourth-order valence-electron chi connectivity index (χ4n) is 3.06. The number of benzene rings is 2. The van der Waals surface area contributed by atoms with Gasteiger partial charge in [0.05, 0.1) is 11.4 Å². The Balaban J connectivity index is 1.77. The largest absolute Gasteiger partial charge is 0.330 e. The Hall–Kier alpha value is -2.43. The first-order chi connectivity index (χ1) is 11.8. The predicted molar refractivity (Wildman–Crippen MR) is 101 cm³/mol. The molecule has 0 saturated carbocycles. The Morgan fingerprint density at radius 3 is 2.33 bits per heavy atom. The molecule has 0 bridgehead atoms. The molecule has 0 saturated heterocycles. The van der Waals surface area contributed by atoms with Crippen LogP contribution in [0.25, 0.3) is 27.3 Å². The Morgan fingerprint density at radius 2 is 1.62 bits per heavy atom. The van der Waals surface area contributed by atoms with Crippen LogP contribution in [-0.4, -0.2) is 15.9 Å². The molecule has 2 aromatic carbocycles. The van der Waals surface area contributed by atoms with Crippen LogP contribution in [0.15, 0.2) is 60.8 Å². The first kappa shape index (κ1) is 15.1. The van der Waals surface area contributed by atoms with Crippen molar-refractivity contribution < 1.29 is 0 Å². The van der Waals surface area contributed by atoms with Gasteiger partial charge in [-0.1, -0.05) is 54.6 Å². The van der Waals surface area contributed by atoms with Crippen molar-refractivity contribution in [2.45, 2.75) is 13.3 Å². The fraction of sp³-hybridized carbons (Fsp3) is 0.150. The lowest BCUT2D eigenvalue weighted by Crippen LogP contribution is -2.05. The summed E-state index contributed by atoms with van der Waals surface area (Å²) in [6.45, 7) is 2.73. The van der Waals surface area contributed by atoms with Gasteiger partial charge in [0.15, 0.2) is 4.96 Å². The second-order valence-electron chi connectivity index (χ2n) is 5.88. The van der Waals surface area contributed by atoms with Crippen LogP contribution in [0.3, 0.4) is 0 Å². The third-order valence-corrected chi connectivity index (χ3v) is 5.09. The van der Waals surface area contributed by atoms with E-state index < -0.39 is 0 Å². The lowest BCUT2D eigenvalue weighted by atomic mass is 10.0. The van der Waals surface area contributed by atoms with Crippen LogP contribution >= 0.6 is 11.3 Å². The highest BCUT2D eigenvalue weighted by Gasteiger charge is 2.15. The Kier molecular flexibility index (Phi) is 3.92. The molecule has 2 N–H and O–H groups in total. The third-order valence-electron chi connectivity index (χ3n) is 4.19. The molecule has 0 aliphatic rings. The molecule has 4 heteroatoms. The van der Waals surface area contributed by atoms with Gasteiger partial charge in [-0.3, -0.25) is 4.40 Å². The number of aromatic nitrogens is 2. The van der Waals surface area contributed by atoms with Gasteiger partial charge in [0, 0.05) is 23.1 Å². The van der Waals surface area contributed by atoms with Crippen LogP contribution < -0.4 is 5.73 Å². The van der Waals surface area contributed by atoms with Gasteiger partial charge in [0.1, 0.15) is 0 Å². The van der Waals surface area contributed by atoms with Gasteiger partial charge < -0.3 is 5.73 Å². The van der Waals surface area contributed by atoms with Gasteiger partial charge in [-0.15, -0.1) is 11.3 Å². The van der Waals surface area contributed by atoms with E-state index in [9.17, 15) is 0 Å². The van der Waals surface area contributed by atoms with E-state index in [4.69, 9.17) is 10.7 Å². The molecule has 4 rings (SSSR count). The van der Waals surface area contributed by atoms with E-state index in [1.807, 2.05) is 6.07 Å². The molecule has 0 spiro atoms. The zero-order chi connectivity index (χ0) is 16.5. The number of aryl methyl sites for hydroxylation is 1. The number of nitrogens with zero attached hydrogens (tertiary/aromatic N) is 2. The maximum absolute atomic E-state index is 5.83. The summed E-state index contributed by atoms with van der Waals surface area (Å²) in [5.41, 5.74) is 11.7. The van der Waals surface area contributed by atoms with Crippen molar-refractivity contribution in [2.75, 3.05) is 6.54 Å². The lowest BCUT2D eigenvalue weighted by molar-refractivity contribution is 0.910. The van der Waals surface area contributed by atoms with Crippen molar-refractivity contribution in [3.05, 3.63) is 71.4 Å². The molecule has 120 valence electrons. The summed E-state index contributed by atoms with van der Waals surface area (Å²) in [5.74, 6) is 0. The molecule has 0 atom stereocenters. The van der Waals surface area contributed by atoms with E-state index in [2.05, 4.69) is 66.1 Å². The summed E-state index contributed by atoms with van der Waals surface area (Å²) >= 11 is 1.72. The highest BCUT2D eigenvalue weighted by molar-refractivity contribution is 7.17.